The molecule has 6 heteroatoms. The maximum absolute atomic E-state index is 9.34. The van der Waals surface area contributed by atoms with Crippen LogP contribution in [-0.4, -0.2) is 34.8 Å². The van der Waals surface area contributed by atoms with Crippen molar-refractivity contribution in [2.24, 2.45) is 0 Å². The van der Waals surface area contributed by atoms with Gasteiger partial charge in [0.2, 0.25) is 5.95 Å². The molecule has 0 saturated carbocycles. The summed E-state index contributed by atoms with van der Waals surface area (Å²) in [6.45, 7) is 4.56. The molecule has 0 amide bonds. The van der Waals surface area contributed by atoms with E-state index in [4.69, 9.17) is 5.73 Å². The van der Waals surface area contributed by atoms with Gasteiger partial charge in [-0.1, -0.05) is 0 Å². The van der Waals surface area contributed by atoms with Crippen LogP contribution in [0.5, 0.6) is 0 Å². The fourth-order valence-corrected chi connectivity index (χ4v) is 2.70. The van der Waals surface area contributed by atoms with Gasteiger partial charge in [0, 0.05) is 18.5 Å². The van der Waals surface area contributed by atoms with E-state index in [2.05, 4.69) is 16.0 Å². The lowest BCUT2D eigenvalue weighted by molar-refractivity contribution is 0.187. The quantitative estimate of drug-likeness (QED) is 0.882. The third-order valence-corrected chi connectivity index (χ3v) is 3.70. The Kier molecular flexibility index (Phi) is 3.68. The minimum atomic E-state index is -0.314. The average Bonchev–Trinajstić information content (AvgIpc) is 2.64. The van der Waals surface area contributed by atoms with Crippen LogP contribution in [0.4, 0.5) is 11.8 Å². The fourth-order valence-electron chi connectivity index (χ4n) is 1.82. The Labute approximate surface area is 110 Å². The van der Waals surface area contributed by atoms with E-state index in [9.17, 15) is 5.11 Å². The number of aryl methyl sites for hydroxylation is 1. The summed E-state index contributed by atoms with van der Waals surface area (Å²) in [7, 11) is 1.95. The van der Waals surface area contributed by atoms with Gasteiger partial charge in [-0.25, -0.2) is 4.98 Å². The number of aliphatic hydroxyl groups excluding tert-OH is 1. The summed E-state index contributed by atoms with van der Waals surface area (Å²) >= 11 is 1.62. The van der Waals surface area contributed by atoms with Gasteiger partial charge in [-0.05, 0) is 26.3 Å². The third-order valence-electron chi connectivity index (χ3n) is 2.76. The number of hydrogen-bond donors (Lipinski definition) is 2. The van der Waals surface area contributed by atoms with E-state index < -0.39 is 0 Å². The molecule has 0 radical (unpaired) electrons. The number of nitrogens with two attached hydrogens (primary N) is 1. The molecule has 2 aromatic heterocycles. The molecule has 18 heavy (non-hydrogen) atoms. The number of aliphatic hydroxyl groups is 1. The molecule has 0 fully saturated rings. The van der Waals surface area contributed by atoms with E-state index in [1.807, 2.05) is 18.9 Å². The van der Waals surface area contributed by atoms with Crippen LogP contribution in [0.2, 0.25) is 0 Å². The Bertz CT molecular complexity index is 552. The zero-order valence-electron chi connectivity index (χ0n) is 10.8. The lowest BCUT2D eigenvalue weighted by Crippen LogP contribution is -2.23. The summed E-state index contributed by atoms with van der Waals surface area (Å²) in [4.78, 5) is 12.7. The van der Waals surface area contributed by atoms with Crippen molar-refractivity contribution in [1.82, 2.24) is 9.97 Å². The molecule has 0 aromatic carbocycles. The second-order valence-corrected chi connectivity index (χ2v) is 5.78. The van der Waals surface area contributed by atoms with Crippen molar-refractivity contribution in [2.45, 2.75) is 26.4 Å². The van der Waals surface area contributed by atoms with Gasteiger partial charge in [-0.2, -0.15) is 4.98 Å². The molecule has 0 saturated heterocycles. The molecule has 0 aliphatic carbocycles. The zero-order chi connectivity index (χ0) is 13.3. The first-order chi connectivity index (χ1) is 8.47. The highest BCUT2D eigenvalue weighted by atomic mass is 32.1. The smallest absolute Gasteiger partial charge is 0.223 e. The largest absolute Gasteiger partial charge is 0.393 e. The van der Waals surface area contributed by atoms with Crippen LogP contribution in [0.3, 0.4) is 0 Å². The van der Waals surface area contributed by atoms with E-state index in [1.54, 1.807) is 18.3 Å². The van der Waals surface area contributed by atoms with Crippen molar-refractivity contribution in [3.05, 3.63) is 10.9 Å². The first-order valence-electron chi connectivity index (χ1n) is 5.90. The number of thiophene rings is 1. The Morgan fingerprint density at radius 3 is 2.89 bits per heavy atom. The van der Waals surface area contributed by atoms with Gasteiger partial charge in [0.25, 0.3) is 0 Å². The van der Waals surface area contributed by atoms with Crippen LogP contribution in [0.1, 0.15) is 18.2 Å². The highest BCUT2D eigenvalue weighted by molar-refractivity contribution is 7.18. The SMILES string of the molecule is Cc1cc2c(N(C)CCC(C)O)nc(N)nc2s1. The summed E-state index contributed by atoms with van der Waals surface area (Å²) in [5.41, 5.74) is 5.74. The van der Waals surface area contributed by atoms with E-state index in [0.29, 0.717) is 12.4 Å². The molecule has 98 valence electrons. The summed E-state index contributed by atoms with van der Waals surface area (Å²) in [6, 6.07) is 2.08. The normalized spacial score (nSPS) is 12.9. The first-order valence-corrected chi connectivity index (χ1v) is 6.72. The molecule has 0 aliphatic rings. The van der Waals surface area contributed by atoms with Gasteiger partial charge < -0.3 is 15.7 Å². The molecule has 1 atom stereocenters. The minimum Gasteiger partial charge on any atom is -0.393 e. The predicted octanol–water partition coefficient (Wildman–Crippen LogP) is 1.79. The number of anilines is 2. The standard InChI is InChI=1S/C12H18N4OS/c1-7(17)4-5-16(3)10-9-6-8(2)18-11(9)15-12(13)14-10/h6-7,17H,4-5H2,1-3H3,(H2,13,14,15). The van der Waals surface area contributed by atoms with Crippen molar-refractivity contribution < 1.29 is 5.11 Å². The lowest BCUT2D eigenvalue weighted by Gasteiger charge is -2.19. The molecule has 1 unspecified atom stereocenters. The highest BCUT2D eigenvalue weighted by Gasteiger charge is 2.13. The van der Waals surface area contributed by atoms with E-state index in [1.165, 1.54) is 4.88 Å². The van der Waals surface area contributed by atoms with Crippen LogP contribution >= 0.6 is 11.3 Å². The first kappa shape index (κ1) is 13.0. The van der Waals surface area contributed by atoms with Crippen molar-refractivity contribution in [1.29, 1.82) is 0 Å². The summed E-state index contributed by atoms with van der Waals surface area (Å²) < 4.78 is 0. The summed E-state index contributed by atoms with van der Waals surface area (Å²) in [6.07, 6.45) is 0.386. The second kappa shape index (κ2) is 5.07. The molecule has 0 spiro atoms. The zero-order valence-corrected chi connectivity index (χ0v) is 11.7. The molecule has 0 bridgehead atoms. The van der Waals surface area contributed by atoms with Gasteiger partial charge in [0.15, 0.2) is 0 Å². The molecular weight excluding hydrogens is 248 g/mol. The number of nitrogens with zero attached hydrogens (tertiary/aromatic N) is 3. The average molecular weight is 266 g/mol. The number of nitrogen functional groups attached to an aromatic ring is 1. The molecule has 5 nitrogen and oxygen atoms in total. The van der Waals surface area contributed by atoms with Crippen LogP contribution in [0, 0.1) is 6.92 Å². The fraction of sp³-hybridized carbons (Fsp3) is 0.500. The predicted molar refractivity (Wildman–Crippen MR) is 76.1 cm³/mol. The molecule has 2 heterocycles. The number of fused-ring (bicyclic) bond motifs is 1. The van der Waals surface area contributed by atoms with E-state index in [0.717, 1.165) is 22.6 Å². The van der Waals surface area contributed by atoms with Gasteiger partial charge >= 0.3 is 0 Å². The third kappa shape index (κ3) is 2.70. The maximum atomic E-state index is 9.34. The number of rotatable bonds is 4. The monoisotopic (exact) mass is 266 g/mol. The summed E-state index contributed by atoms with van der Waals surface area (Å²) in [5, 5.41) is 10.4. The van der Waals surface area contributed by atoms with E-state index in [-0.39, 0.29) is 6.10 Å². The molecule has 3 N–H and O–H groups in total. The Morgan fingerprint density at radius 2 is 2.22 bits per heavy atom. The van der Waals surface area contributed by atoms with Gasteiger partial charge in [-0.3, -0.25) is 0 Å². The van der Waals surface area contributed by atoms with E-state index >= 15 is 0 Å². The number of hydrogen-bond acceptors (Lipinski definition) is 6. The Balaban J connectivity index is 2.36. The lowest BCUT2D eigenvalue weighted by atomic mass is 10.2. The van der Waals surface area contributed by atoms with Gasteiger partial charge in [0.1, 0.15) is 10.6 Å². The van der Waals surface area contributed by atoms with Crippen molar-refractivity contribution in [3.63, 3.8) is 0 Å². The van der Waals surface area contributed by atoms with Crippen molar-refractivity contribution in [3.8, 4) is 0 Å². The van der Waals surface area contributed by atoms with Crippen LogP contribution in [0.25, 0.3) is 10.2 Å². The highest BCUT2D eigenvalue weighted by Crippen LogP contribution is 2.30. The van der Waals surface area contributed by atoms with Gasteiger partial charge in [-0.15, -0.1) is 11.3 Å². The second-order valence-electron chi connectivity index (χ2n) is 4.54. The minimum absolute atomic E-state index is 0.295. The maximum Gasteiger partial charge on any atom is 0.223 e. The Morgan fingerprint density at radius 1 is 1.50 bits per heavy atom. The molecule has 2 rings (SSSR count). The van der Waals surface area contributed by atoms with Crippen molar-refractivity contribution >= 4 is 33.3 Å². The van der Waals surface area contributed by atoms with Crippen LogP contribution < -0.4 is 10.6 Å². The van der Waals surface area contributed by atoms with Gasteiger partial charge in [0.05, 0.1) is 11.5 Å². The summed E-state index contributed by atoms with van der Waals surface area (Å²) in [5.74, 6) is 1.13. The van der Waals surface area contributed by atoms with Crippen molar-refractivity contribution in [2.75, 3.05) is 24.2 Å². The topological polar surface area (TPSA) is 75.3 Å². The number of aromatic nitrogens is 2. The molecule has 2 aromatic rings. The molecule has 0 aliphatic heterocycles. The van der Waals surface area contributed by atoms with Crippen LogP contribution in [0.15, 0.2) is 6.07 Å². The van der Waals surface area contributed by atoms with Crippen LogP contribution in [-0.2, 0) is 0 Å². The Hall–Kier alpha value is -1.40. The molecular formula is C12H18N4OS.